The molecular weight excluding hydrogens is 250 g/mol. The molecule has 0 amide bonds. The second-order valence-corrected chi connectivity index (χ2v) is 4.98. The number of benzene rings is 1. The Balaban J connectivity index is 1.87. The minimum atomic E-state index is 0.447. The van der Waals surface area contributed by atoms with Crippen molar-refractivity contribution >= 4 is 0 Å². The lowest BCUT2D eigenvalue weighted by Gasteiger charge is -2.14. The molecule has 20 heavy (non-hydrogen) atoms. The molecule has 0 fully saturated rings. The first kappa shape index (κ1) is 14.6. The Kier molecular flexibility index (Phi) is 5.18. The van der Waals surface area contributed by atoms with Gasteiger partial charge in [-0.2, -0.15) is 5.10 Å². The zero-order valence-electron chi connectivity index (χ0n) is 12.5. The van der Waals surface area contributed by atoms with Crippen LogP contribution < -0.4 is 10.1 Å². The van der Waals surface area contributed by atoms with E-state index in [0.717, 1.165) is 25.3 Å². The number of methoxy groups -OCH3 is 1. The highest BCUT2D eigenvalue weighted by Gasteiger charge is 2.07. The van der Waals surface area contributed by atoms with E-state index in [9.17, 15) is 0 Å². The van der Waals surface area contributed by atoms with E-state index in [1.807, 2.05) is 18.3 Å². The smallest absolute Gasteiger partial charge is 0.118 e. The van der Waals surface area contributed by atoms with Gasteiger partial charge >= 0.3 is 0 Å². The van der Waals surface area contributed by atoms with Crippen LogP contribution in [-0.2, 0) is 13.1 Å². The number of aromatic nitrogens is 2. The Labute approximate surface area is 120 Å². The van der Waals surface area contributed by atoms with Crippen LogP contribution in [0.2, 0.25) is 0 Å². The van der Waals surface area contributed by atoms with Gasteiger partial charge in [-0.3, -0.25) is 4.68 Å². The largest absolute Gasteiger partial charge is 0.497 e. The first-order valence-corrected chi connectivity index (χ1v) is 7.10. The summed E-state index contributed by atoms with van der Waals surface area (Å²) in [5.41, 5.74) is 2.48. The molecule has 0 aliphatic carbocycles. The molecule has 1 aromatic carbocycles. The van der Waals surface area contributed by atoms with Crippen molar-refractivity contribution in [3.63, 3.8) is 0 Å². The van der Waals surface area contributed by atoms with Crippen LogP contribution in [0.25, 0.3) is 0 Å². The normalized spacial score (nSPS) is 12.3. The van der Waals surface area contributed by atoms with Crippen molar-refractivity contribution in [2.75, 3.05) is 7.11 Å². The van der Waals surface area contributed by atoms with E-state index in [2.05, 4.69) is 47.1 Å². The van der Waals surface area contributed by atoms with Crippen LogP contribution in [-0.4, -0.2) is 16.9 Å². The highest BCUT2D eigenvalue weighted by atomic mass is 16.5. The Hall–Kier alpha value is -1.81. The van der Waals surface area contributed by atoms with Gasteiger partial charge in [0.1, 0.15) is 5.75 Å². The molecule has 108 valence electrons. The van der Waals surface area contributed by atoms with Crippen molar-refractivity contribution in [3.05, 3.63) is 47.8 Å². The summed E-state index contributed by atoms with van der Waals surface area (Å²) < 4.78 is 7.25. The maximum absolute atomic E-state index is 5.15. The number of hydrogen-bond donors (Lipinski definition) is 1. The van der Waals surface area contributed by atoms with Crippen molar-refractivity contribution in [2.24, 2.45) is 0 Å². The van der Waals surface area contributed by atoms with Crippen LogP contribution in [0.5, 0.6) is 5.75 Å². The second-order valence-electron chi connectivity index (χ2n) is 4.98. The Morgan fingerprint density at radius 3 is 2.60 bits per heavy atom. The third kappa shape index (κ3) is 3.61. The summed E-state index contributed by atoms with van der Waals surface area (Å²) in [4.78, 5) is 0. The van der Waals surface area contributed by atoms with Gasteiger partial charge in [-0.1, -0.05) is 19.1 Å². The van der Waals surface area contributed by atoms with Gasteiger partial charge in [0.15, 0.2) is 0 Å². The van der Waals surface area contributed by atoms with E-state index in [-0.39, 0.29) is 0 Å². The van der Waals surface area contributed by atoms with Gasteiger partial charge in [-0.05, 0) is 37.1 Å². The minimum Gasteiger partial charge on any atom is -0.497 e. The molecule has 4 heteroatoms. The minimum absolute atomic E-state index is 0.447. The SMILES string of the molecule is CC[C@@H](C)n1nccc1CNCc1ccc(OC)cc1. The second kappa shape index (κ2) is 7.10. The zero-order valence-corrected chi connectivity index (χ0v) is 12.5. The molecule has 0 bridgehead atoms. The lowest BCUT2D eigenvalue weighted by atomic mass is 10.2. The highest BCUT2D eigenvalue weighted by molar-refractivity contribution is 5.27. The Morgan fingerprint density at radius 2 is 1.95 bits per heavy atom. The lowest BCUT2D eigenvalue weighted by Crippen LogP contribution is -2.18. The summed E-state index contributed by atoms with van der Waals surface area (Å²) in [6, 6.07) is 10.7. The number of hydrogen-bond acceptors (Lipinski definition) is 3. The van der Waals surface area contributed by atoms with Crippen molar-refractivity contribution in [2.45, 2.75) is 39.4 Å². The third-order valence-corrected chi connectivity index (χ3v) is 3.55. The average molecular weight is 273 g/mol. The van der Waals surface area contributed by atoms with Crippen molar-refractivity contribution in [1.29, 1.82) is 0 Å². The third-order valence-electron chi connectivity index (χ3n) is 3.55. The molecule has 1 heterocycles. The van der Waals surface area contributed by atoms with Crippen LogP contribution in [0.15, 0.2) is 36.5 Å². The first-order chi connectivity index (χ1) is 9.74. The topological polar surface area (TPSA) is 39.1 Å². The number of ether oxygens (including phenoxy) is 1. The van der Waals surface area contributed by atoms with Gasteiger partial charge in [0.05, 0.1) is 12.8 Å². The van der Waals surface area contributed by atoms with Crippen LogP contribution in [0, 0.1) is 0 Å². The number of nitrogens with one attached hydrogen (secondary N) is 1. The molecule has 1 atom stereocenters. The molecule has 1 aromatic heterocycles. The molecule has 2 rings (SSSR count). The van der Waals surface area contributed by atoms with Gasteiger partial charge in [0, 0.05) is 25.3 Å². The molecule has 2 aromatic rings. The van der Waals surface area contributed by atoms with Crippen LogP contribution >= 0.6 is 0 Å². The fraction of sp³-hybridized carbons (Fsp3) is 0.438. The molecule has 0 radical (unpaired) electrons. The summed E-state index contributed by atoms with van der Waals surface area (Å²) >= 11 is 0. The Bertz CT molecular complexity index is 519. The molecule has 0 saturated heterocycles. The van der Waals surface area contributed by atoms with Crippen molar-refractivity contribution in [3.8, 4) is 5.75 Å². The quantitative estimate of drug-likeness (QED) is 0.842. The summed E-state index contributed by atoms with van der Waals surface area (Å²) in [6.45, 7) is 6.05. The number of rotatable bonds is 7. The molecule has 0 aliphatic heterocycles. The molecule has 1 N–H and O–H groups in total. The fourth-order valence-corrected chi connectivity index (χ4v) is 2.13. The van der Waals surface area contributed by atoms with E-state index in [1.54, 1.807) is 7.11 Å². The summed E-state index contributed by atoms with van der Waals surface area (Å²) in [5, 5.41) is 7.85. The van der Waals surface area contributed by atoms with Gasteiger partial charge in [0.25, 0.3) is 0 Å². The summed E-state index contributed by atoms with van der Waals surface area (Å²) in [7, 11) is 1.68. The van der Waals surface area contributed by atoms with Crippen molar-refractivity contribution in [1.82, 2.24) is 15.1 Å². The summed E-state index contributed by atoms with van der Waals surface area (Å²) in [6.07, 6.45) is 2.96. The lowest BCUT2D eigenvalue weighted by molar-refractivity contribution is 0.414. The van der Waals surface area contributed by atoms with Crippen LogP contribution in [0.3, 0.4) is 0 Å². The number of nitrogens with zero attached hydrogens (tertiary/aromatic N) is 2. The van der Waals surface area contributed by atoms with Gasteiger partial charge in [0.2, 0.25) is 0 Å². The zero-order chi connectivity index (χ0) is 14.4. The van der Waals surface area contributed by atoms with Gasteiger partial charge in [-0.15, -0.1) is 0 Å². The monoisotopic (exact) mass is 273 g/mol. The maximum atomic E-state index is 5.15. The van der Waals surface area contributed by atoms with Gasteiger partial charge in [-0.25, -0.2) is 0 Å². The van der Waals surface area contributed by atoms with Gasteiger partial charge < -0.3 is 10.1 Å². The van der Waals surface area contributed by atoms with Crippen LogP contribution in [0.4, 0.5) is 0 Å². The van der Waals surface area contributed by atoms with E-state index >= 15 is 0 Å². The highest BCUT2D eigenvalue weighted by Crippen LogP contribution is 2.13. The van der Waals surface area contributed by atoms with E-state index in [1.165, 1.54) is 11.3 Å². The molecule has 4 nitrogen and oxygen atoms in total. The molecule has 0 aliphatic rings. The van der Waals surface area contributed by atoms with E-state index < -0.39 is 0 Å². The molecule has 0 unspecified atom stereocenters. The van der Waals surface area contributed by atoms with E-state index in [0.29, 0.717) is 6.04 Å². The predicted octanol–water partition coefficient (Wildman–Crippen LogP) is 3.15. The average Bonchev–Trinajstić information content (AvgIpc) is 2.95. The first-order valence-electron chi connectivity index (χ1n) is 7.10. The maximum Gasteiger partial charge on any atom is 0.118 e. The standard InChI is InChI=1S/C16H23N3O/c1-4-13(2)19-15(9-10-18-19)12-17-11-14-5-7-16(20-3)8-6-14/h5-10,13,17H,4,11-12H2,1-3H3/t13-/m1/s1. The molecule has 0 saturated carbocycles. The summed E-state index contributed by atoms with van der Waals surface area (Å²) in [5.74, 6) is 0.892. The molecule has 0 spiro atoms. The fourth-order valence-electron chi connectivity index (χ4n) is 2.13. The predicted molar refractivity (Wildman–Crippen MR) is 80.8 cm³/mol. The van der Waals surface area contributed by atoms with Crippen molar-refractivity contribution < 1.29 is 4.74 Å². The van der Waals surface area contributed by atoms with Crippen LogP contribution in [0.1, 0.15) is 37.6 Å². The molecular formula is C16H23N3O. The Morgan fingerprint density at radius 1 is 1.20 bits per heavy atom. The van der Waals surface area contributed by atoms with E-state index in [4.69, 9.17) is 4.74 Å².